The molecule has 1 aliphatic heterocycles. The average Bonchev–Trinajstić information content (AvgIpc) is 3.31. The number of piperidine rings is 1. The van der Waals surface area contributed by atoms with Gasteiger partial charge in [-0.2, -0.15) is 0 Å². The van der Waals surface area contributed by atoms with Crippen molar-refractivity contribution in [3.05, 3.63) is 59.5 Å². The molecule has 0 aliphatic carbocycles. The standard InChI is InChI=1S/C23H29N3O4/c1-3-12-24-22(28)20(25-21(27)18-8-6-16(2)7-9-18)17-10-13-26(14-11-17)23(29)19-5-4-15-30-19/h4-9,15,17,20H,3,10-14H2,1-2H3,(H,24,28)(H,25,27). The molecule has 1 unspecified atom stereocenters. The minimum absolute atomic E-state index is 0.0445. The molecule has 3 rings (SSSR count). The van der Waals surface area contributed by atoms with Crippen molar-refractivity contribution < 1.29 is 18.8 Å². The fraction of sp³-hybridized carbons (Fsp3) is 0.435. The molecule has 2 N–H and O–H groups in total. The summed E-state index contributed by atoms with van der Waals surface area (Å²) in [7, 11) is 0. The summed E-state index contributed by atoms with van der Waals surface area (Å²) < 4.78 is 5.20. The van der Waals surface area contributed by atoms with Gasteiger partial charge in [-0.05, 0) is 56.4 Å². The molecule has 7 nitrogen and oxygen atoms in total. The lowest BCUT2D eigenvalue weighted by Gasteiger charge is -2.35. The van der Waals surface area contributed by atoms with E-state index >= 15 is 0 Å². The highest BCUT2D eigenvalue weighted by atomic mass is 16.3. The highest BCUT2D eigenvalue weighted by Gasteiger charge is 2.34. The Morgan fingerprint density at radius 3 is 2.43 bits per heavy atom. The maximum absolute atomic E-state index is 12.8. The van der Waals surface area contributed by atoms with Crippen LogP contribution in [-0.2, 0) is 4.79 Å². The molecule has 30 heavy (non-hydrogen) atoms. The number of nitrogens with zero attached hydrogens (tertiary/aromatic N) is 1. The summed E-state index contributed by atoms with van der Waals surface area (Å²) in [5.74, 6) is -0.307. The lowest BCUT2D eigenvalue weighted by Crippen LogP contribution is -2.54. The first-order valence-electron chi connectivity index (χ1n) is 10.5. The Balaban J connectivity index is 1.66. The minimum atomic E-state index is -0.633. The summed E-state index contributed by atoms with van der Waals surface area (Å²) in [4.78, 5) is 39.8. The number of nitrogens with one attached hydrogen (secondary N) is 2. The van der Waals surface area contributed by atoms with Crippen LogP contribution < -0.4 is 10.6 Å². The van der Waals surface area contributed by atoms with Crippen molar-refractivity contribution in [2.24, 2.45) is 5.92 Å². The summed E-state index contributed by atoms with van der Waals surface area (Å²) in [6, 6.07) is 9.98. The molecule has 3 amide bonds. The summed E-state index contributed by atoms with van der Waals surface area (Å²) in [5.41, 5.74) is 1.59. The van der Waals surface area contributed by atoms with E-state index in [-0.39, 0.29) is 23.6 Å². The van der Waals surface area contributed by atoms with Gasteiger partial charge in [0, 0.05) is 25.2 Å². The molecule has 2 aromatic rings. The van der Waals surface area contributed by atoms with Gasteiger partial charge in [0.1, 0.15) is 6.04 Å². The zero-order valence-corrected chi connectivity index (χ0v) is 17.5. The Morgan fingerprint density at radius 1 is 1.13 bits per heavy atom. The molecule has 2 heterocycles. The predicted molar refractivity (Wildman–Crippen MR) is 113 cm³/mol. The molecule has 7 heteroatoms. The number of hydrogen-bond acceptors (Lipinski definition) is 4. The van der Waals surface area contributed by atoms with Gasteiger partial charge in [0.25, 0.3) is 11.8 Å². The van der Waals surface area contributed by atoms with Crippen molar-refractivity contribution in [1.82, 2.24) is 15.5 Å². The number of amides is 3. The van der Waals surface area contributed by atoms with Crippen LogP contribution in [0.15, 0.2) is 47.1 Å². The number of carbonyl (C=O) groups excluding carboxylic acids is 3. The van der Waals surface area contributed by atoms with Gasteiger partial charge < -0.3 is 20.0 Å². The van der Waals surface area contributed by atoms with Crippen molar-refractivity contribution in [2.75, 3.05) is 19.6 Å². The quantitative estimate of drug-likeness (QED) is 0.733. The van der Waals surface area contributed by atoms with Crippen LogP contribution in [0.3, 0.4) is 0 Å². The molecule has 160 valence electrons. The van der Waals surface area contributed by atoms with Crippen LogP contribution in [0.5, 0.6) is 0 Å². The van der Waals surface area contributed by atoms with Crippen LogP contribution in [0, 0.1) is 12.8 Å². The van der Waals surface area contributed by atoms with Crippen molar-refractivity contribution >= 4 is 17.7 Å². The zero-order valence-electron chi connectivity index (χ0n) is 17.5. The van der Waals surface area contributed by atoms with Gasteiger partial charge in [0.05, 0.1) is 6.26 Å². The van der Waals surface area contributed by atoms with Crippen molar-refractivity contribution in [3.63, 3.8) is 0 Å². The number of aryl methyl sites for hydroxylation is 1. The van der Waals surface area contributed by atoms with Crippen LogP contribution in [-0.4, -0.2) is 48.3 Å². The molecule has 1 aliphatic rings. The van der Waals surface area contributed by atoms with E-state index in [2.05, 4.69) is 10.6 Å². The second kappa shape index (κ2) is 10.1. The molecule has 0 spiro atoms. The van der Waals surface area contributed by atoms with Gasteiger partial charge >= 0.3 is 0 Å². The lowest BCUT2D eigenvalue weighted by molar-refractivity contribution is -0.124. The minimum Gasteiger partial charge on any atom is -0.459 e. The largest absolute Gasteiger partial charge is 0.459 e. The summed E-state index contributed by atoms with van der Waals surface area (Å²) >= 11 is 0. The summed E-state index contributed by atoms with van der Waals surface area (Å²) in [5, 5.41) is 5.83. The van der Waals surface area contributed by atoms with E-state index in [1.54, 1.807) is 29.2 Å². The van der Waals surface area contributed by atoms with E-state index in [0.29, 0.717) is 43.8 Å². The predicted octanol–water partition coefficient (Wildman–Crippen LogP) is 2.77. The second-order valence-electron chi connectivity index (χ2n) is 7.72. The molecule has 0 saturated carbocycles. The fourth-order valence-electron chi connectivity index (χ4n) is 3.68. The third kappa shape index (κ3) is 5.28. The smallest absolute Gasteiger partial charge is 0.289 e. The van der Waals surface area contributed by atoms with Crippen LogP contribution >= 0.6 is 0 Å². The van der Waals surface area contributed by atoms with Crippen LogP contribution in [0.4, 0.5) is 0 Å². The van der Waals surface area contributed by atoms with E-state index in [0.717, 1.165) is 12.0 Å². The van der Waals surface area contributed by atoms with Gasteiger partial charge in [0.2, 0.25) is 5.91 Å². The van der Waals surface area contributed by atoms with Gasteiger partial charge in [-0.1, -0.05) is 24.6 Å². The average molecular weight is 412 g/mol. The fourth-order valence-corrected chi connectivity index (χ4v) is 3.68. The Morgan fingerprint density at radius 2 is 1.83 bits per heavy atom. The molecule has 1 aromatic heterocycles. The normalized spacial score (nSPS) is 15.5. The number of likely N-dealkylation sites (tertiary alicyclic amines) is 1. The molecular formula is C23H29N3O4. The Hall–Kier alpha value is -3.09. The van der Waals surface area contributed by atoms with E-state index < -0.39 is 6.04 Å². The lowest BCUT2D eigenvalue weighted by atomic mass is 9.88. The Kier molecular flexibility index (Phi) is 7.27. The highest BCUT2D eigenvalue weighted by Crippen LogP contribution is 2.23. The molecule has 1 saturated heterocycles. The van der Waals surface area contributed by atoms with Crippen molar-refractivity contribution in [1.29, 1.82) is 0 Å². The molecule has 1 aromatic carbocycles. The topological polar surface area (TPSA) is 91.7 Å². The molecular weight excluding hydrogens is 382 g/mol. The molecule has 1 atom stereocenters. The summed E-state index contributed by atoms with van der Waals surface area (Å²) in [6.45, 7) is 5.54. The molecule has 1 fully saturated rings. The second-order valence-corrected chi connectivity index (χ2v) is 7.72. The molecule has 0 bridgehead atoms. The van der Waals surface area contributed by atoms with Crippen molar-refractivity contribution in [3.8, 4) is 0 Å². The number of hydrogen-bond donors (Lipinski definition) is 2. The van der Waals surface area contributed by atoms with Gasteiger partial charge in [-0.15, -0.1) is 0 Å². The first-order valence-corrected chi connectivity index (χ1v) is 10.5. The van der Waals surface area contributed by atoms with Gasteiger partial charge in [0.15, 0.2) is 5.76 Å². The summed E-state index contributed by atoms with van der Waals surface area (Å²) in [6.07, 6.45) is 3.56. The highest BCUT2D eigenvalue weighted by molar-refractivity contribution is 5.97. The van der Waals surface area contributed by atoms with Crippen LogP contribution in [0.25, 0.3) is 0 Å². The maximum Gasteiger partial charge on any atom is 0.289 e. The Bertz CT molecular complexity index is 853. The van der Waals surface area contributed by atoms with E-state index in [1.807, 2.05) is 26.0 Å². The first-order chi connectivity index (χ1) is 14.5. The number of benzene rings is 1. The molecule has 0 radical (unpaired) electrons. The monoisotopic (exact) mass is 411 g/mol. The van der Waals surface area contributed by atoms with Crippen LogP contribution in [0.1, 0.15) is 52.7 Å². The third-order valence-electron chi connectivity index (χ3n) is 5.46. The number of carbonyl (C=O) groups is 3. The number of rotatable bonds is 7. The van der Waals surface area contributed by atoms with Gasteiger partial charge in [-0.25, -0.2) is 0 Å². The number of furan rings is 1. The third-order valence-corrected chi connectivity index (χ3v) is 5.46. The van der Waals surface area contributed by atoms with Crippen molar-refractivity contribution in [2.45, 2.75) is 39.2 Å². The zero-order chi connectivity index (χ0) is 21.5. The van der Waals surface area contributed by atoms with E-state index in [1.165, 1.54) is 6.26 Å². The maximum atomic E-state index is 12.8. The van der Waals surface area contributed by atoms with Gasteiger partial charge in [-0.3, -0.25) is 14.4 Å². The first kappa shape index (κ1) is 21.6. The Labute approximate surface area is 176 Å². The SMILES string of the molecule is CCCNC(=O)C(NC(=O)c1ccc(C)cc1)C1CCN(C(=O)c2ccco2)CC1. The van der Waals surface area contributed by atoms with Crippen LogP contribution in [0.2, 0.25) is 0 Å². The van der Waals surface area contributed by atoms with E-state index in [9.17, 15) is 14.4 Å². The van der Waals surface area contributed by atoms with E-state index in [4.69, 9.17) is 4.42 Å².